The van der Waals surface area contributed by atoms with Crippen LogP contribution in [-0.4, -0.2) is 18.2 Å². The van der Waals surface area contributed by atoms with E-state index in [1.54, 1.807) is 0 Å². The van der Waals surface area contributed by atoms with Gasteiger partial charge in [0.25, 0.3) is 0 Å². The van der Waals surface area contributed by atoms with Crippen molar-refractivity contribution in [3.05, 3.63) is 41.2 Å². The number of hydrogen-bond donors (Lipinski definition) is 0. The number of carbonyl (C=O) groups excluding carboxylic acids is 1. The SMILES string of the molecule is COC(=O)c1c(-c2ccc(C(F)(F)F)cc2)noc1C(F)(F)Cl. The van der Waals surface area contributed by atoms with Gasteiger partial charge in [-0.3, -0.25) is 0 Å². The molecule has 23 heavy (non-hydrogen) atoms. The summed E-state index contributed by atoms with van der Waals surface area (Å²) in [7, 11) is 0.933. The van der Waals surface area contributed by atoms with E-state index in [1.165, 1.54) is 0 Å². The van der Waals surface area contributed by atoms with Crippen LogP contribution in [0.4, 0.5) is 22.0 Å². The molecule has 4 nitrogen and oxygen atoms in total. The maximum atomic E-state index is 13.2. The number of benzene rings is 1. The Morgan fingerprint density at radius 2 is 1.74 bits per heavy atom. The van der Waals surface area contributed by atoms with E-state index in [0.29, 0.717) is 12.1 Å². The molecule has 0 aliphatic rings. The van der Waals surface area contributed by atoms with E-state index < -0.39 is 40.1 Å². The molecule has 0 atom stereocenters. The Morgan fingerprint density at radius 3 is 2.17 bits per heavy atom. The number of carbonyl (C=O) groups is 1. The highest BCUT2D eigenvalue weighted by molar-refractivity contribution is 6.22. The first-order valence-corrected chi connectivity index (χ1v) is 6.26. The Morgan fingerprint density at radius 1 is 1.17 bits per heavy atom. The Labute approximate surface area is 130 Å². The molecule has 124 valence electrons. The number of esters is 1. The average molecular weight is 356 g/mol. The zero-order valence-electron chi connectivity index (χ0n) is 11.2. The average Bonchev–Trinajstić information content (AvgIpc) is 2.90. The van der Waals surface area contributed by atoms with Gasteiger partial charge in [0.2, 0.25) is 5.76 Å². The van der Waals surface area contributed by atoms with Crippen LogP contribution in [0.15, 0.2) is 28.8 Å². The van der Waals surface area contributed by atoms with E-state index in [0.717, 1.165) is 19.2 Å². The predicted molar refractivity (Wildman–Crippen MR) is 68.0 cm³/mol. The zero-order valence-corrected chi connectivity index (χ0v) is 12.0. The molecule has 0 radical (unpaired) electrons. The Kier molecular flexibility index (Phi) is 4.34. The molecule has 0 saturated carbocycles. The molecule has 1 heterocycles. The zero-order chi connectivity index (χ0) is 17.4. The first-order chi connectivity index (χ1) is 10.6. The van der Waals surface area contributed by atoms with Crippen molar-refractivity contribution < 1.29 is 36.0 Å². The number of aromatic nitrogens is 1. The maximum Gasteiger partial charge on any atom is 0.416 e. The first-order valence-electron chi connectivity index (χ1n) is 5.88. The van der Waals surface area contributed by atoms with Gasteiger partial charge in [-0.15, -0.1) is 0 Å². The van der Waals surface area contributed by atoms with Crippen LogP contribution in [-0.2, 0) is 16.3 Å². The highest BCUT2D eigenvalue weighted by Gasteiger charge is 2.41. The number of nitrogens with zero attached hydrogens (tertiary/aromatic N) is 1. The van der Waals surface area contributed by atoms with Crippen molar-refractivity contribution in [2.24, 2.45) is 0 Å². The smallest absolute Gasteiger partial charge is 0.416 e. The van der Waals surface area contributed by atoms with Crippen molar-refractivity contribution in [2.45, 2.75) is 11.6 Å². The molecule has 0 fully saturated rings. The van der Waals surface area contributed by atoms with E-state index in [-0.39, 0.29) is 5.56 Å². The lowest BCUT2D eigenvalue weighted by Gasteiger charge is -2.08. The third-order valence-electron chi connectivity index (χ3n) is 2.82. The number of methoxy groups -OCH3 is 1. The van der Waals surface area contributed by atoms with Crippen LogP contribution in [0.5, 0.6) is 0 Å². The summed E-state index contributed by atoms with van der Waals surface area (Å²) in [5, 5.41) is -0.749. The molecule has 0 amide bonds. The molecule has 10 heteroatoms. The van der Waals surface area contributed by atoms with Gasteiger partial charge in [-0.25, -0.2) is 4.79 Å². The molecule has 0 spiro atoms. The fraction of sp³-hybridized carbons (Fsp3) is 0.231. The third kappa shape index (κ3) is 3.44. The van der Waals surface area contributed by atoms with E-state index in [2.05, 4.69) is 14.4 Å². The largest absolute Gasteiger partial charge is 0.465 e. The molecule has 2 aromatic rings. The van der Waals surface area contributed by atoms with Gasteiger partial charge < -0.3 is 9.26 Å². The minimum Gasteiger partial charge on any atom is -0.465 e. The lowest BCUT2D eigenvalue weighted by atomic mass is 10.0. The summed E-state index contributed by atoms with van der Waals surface area (Å²) in [4.78, 5) is 11.7. The van der Waals surface area contributed by atoms with E-state index in [9.17, 15) is 26.7 Å². The second kappa shape index (κ2) is 5.80. The molecular weight excluding hydrogens is 349 g/mol. The van der Waals surface area contributed by atoms with E-state index in [1.807, 2.05) is 0 Å². The van der Waals surface area contributed by atoms with Crippen LogP contribution in [0.1, 0.15) is 21.7 Å². The standard InChI is InChI=1S/C13H7ClF5NO3/c1-22-11(21)8-9(20-23-10(8)12(14,15)16)6-2-4-7(5-3-6)13(17,18)19/h2-5H,1H3. The summed E-state index contributed by atoms with van der Waals surface area (Å²) in [5.74, 6) is -2.46. The topological polar surface area (TPSA) is 52.3 Å². The molecule has 0 aliphatic carbocycles. The minimum atomic E-state index is -4.57. The molecule has 1 aromatic heterocycles. The van der Waals surface area contributed by atoms with Crippen molar-refractivity contribution in [1.29, 1.82) is 0 Å². The number of ether oxygens (including phenoxy) is 1. The fourth-order valence-electron chi connectivity index (χ4n) is 1.79. The van der Waals surface area contributed by atoms with Crippen LogP contribution < -0.4 is 0 Å². The fourth-order valence-corrected chi connectivity index (χ4v) is 1.92. The summed E-state index contributed by atoms with van der Waals surface area (Å²) < 4.78 is 72.8. The molecule has 0 unspecified atom stereocenters. The van der Waals surface area contributed by atoms with Gasteiger partial charge in [-0.2, -0.15) is 22.0 Å². The van der Waals surface area contributed by atoms with Gasteiger partial charge >= 0.3 is 17.5 Å². The third-order valence-corrected chi connectivity index (χ3v) is 3.00. The molecule has 2 rings (SSSR count). The van der Waals surface area contributed by atoms with Crippen LogP contribution in [0, 0.1) is 0 Å². The Hall–Kier alpha value is -2.16. The Bertz CT molecular complexity index is 719. The second-order valence-corrected chi connectivity index (χ2v) is 4.77. The highest BCUT2D eigenvalue weighted by Crippen LogP contribution is 2.39. The van der Waals surface area contributed by atoms with Crippen LogP contribution in [0.25, 0.3) is 11.3 Å². The van der Waals surface area contributed by atoms with Crippen LogP contribution in [0.2, 0.25) is 0 Å². The van der Waals surface area contributed by atoms with E-state index in [4.69, 9.17) is 11.6 Å². The van der Waals surface area contributed by atoms with Gasteiger partial charge in [0.1, 0.15) is 11.3 Å². The molecular formula is C13H7ClF5NO3. The van der Waals surface area contributed by atoms with Gasteiger partial charge in [0.15, 0.2) is 0 Å². The van der Waals surface area contributed by atoms with Gasteiger partial charge in [-0.05, 0) is 23.7 Å². The van der Waals surface area contributed by atoms with Gasteiger partial charge in [0, 0.05) is 5.56 Å². The van der Waals surface area contributed by atoms with Crippen molar-refractivity contribution in [3.8, 4) is 11.3 Å². The van der Waals surface area contributed by atoms with Gasteiger partial charge in [0.05, 0.1) is 12.7 Å². The molecule has 0 N–H and O–H groups in total. The van der Waals surface area contributed by atoms with Crippen molar-refractivity contribution in [2.75, 3.05) is 7.11 Å². The number of halogens is 6. The second-order valence-electron chi connectivity index (χ2n) is 4.30. The maximum absolute atomic E-state index is 13.2. The van der Waals surface area contributed by atoms with Crippen molar-refractivity contribution in [1.82, 2.24) is 5.16 Å². The Balaban J connectivity index is 2.56. The number of hydrogen-bond acceptors (Lipinski definition) is 4. The van der Waals surface area contributed by atoms with Crippen LogP contribution in [0.3, 0.4) is 0 Å². The minimum absolute atomic E-state index is 0.0469. The highest BCUT2D eigenvalue weighted by atomic mass is 35.5. The molecule has 0 bridgehead atoms. The number of rotatable bonds is 3. The molecule has 0 aliphatic heterocycles. The van der Waals surface area contributed by atoms with Gasteiger partial charge in [-0.1, -0.05) is 17.3 Å². The lowest BCUT2D eigenvalue weighted by molar-refractivity contribution is -0.137. The lowest BCUT2D eigenvalue weighted by Crippen LogP contribution is -2.11. The summed E-state index contributed by atoms with van der Waals surface area (Å²) in [6.45, 7) is 0. The molecule has 0 saturated heterocycles. The quantitative estimate of drug-likeness (QED) is 0.464. The summed E-state index contributed by atoms with van der Waals surface area (Å²) >= 11 is 4.83. The summed E-state index contributed by atoms with van der Waals surface area (Å²) in [6, 6.07) is 3.35. The van der Waals surface area contributed by atoms with Crippen molar-refractivity contribution >= 4 is 17.6 Å². The molecule has 1 aromatic carbocycles. The summed E-state index contributed by atoms with van der Waals surface area (Å²) in [6.07, 6.45) is -4.57. The van der Waals surface area contributed by atoms with Crippen molar-refractivity contribution in [3.63, 3.8) is 0 Å². The summed E-state index contributed by atoms with van der Waals surface area (Å²) in [5.41, 5.74) is -2.16. The monoisotopic (exact) mass is 355 g/mol. The predicted octanol–water partition coefficient (Wildman–Crippen LogP) is 4.44. The van der Waals surface area contributed by atoms with Crippen LogP contribution >= 0.6 is 11.6 Å². The normalized spacial score (nSPS) is 12.3. The first kappa shape index (κ1) is 17.2. The number of alkyl halides is 6. The van der Waals surface area contributed by atoms with E-state index >= 15 is 0 Å².